The summed E-state index contributed by atoms with van der Waals surface area (Å²) < 4.78 is 7.46. The number of aromatic nitrogens is 1. The molecule has 1 heterocycles. The maximum atomic E-state index is 12.1. The number of carbonyl (C=O) groups excluding carboxylic acids is 1. The van der Waals surface area contributed by atoms with E-state index in [1.807, 2.05) is 29.1 Å². The molecule has 0 saturated carbocycles. The number of nitrogens with one attached hydrogen (secondary N) is 1. The van der Waals surface area contributed by atoms with Gasteiger partial charge in [-0.15, -0.1) is 0 Å². The average molecular weight is 402 g/mol. The third-order valence-corrected chi connectivity index (χ3v) is 4.63. The van der Waals surface area contributed by atoms with Crippen molar-refractivity contribution < 1.29 is 14.1 Å². The number of hydrogen-bond donors (Lipinski definition) is 1. The highest BCUT2D eigenvalue weighted by Crippen LogP contribution is 2.26. The fourth-order valence-corrected chi connectivity index (χ4v) is 2.80. The van der Waals surface area contributed by atoms with Crippen molar-refractivity contribution in [3.63, 3.8) is 0 Å². The van der Waals surface area contributed by atoms with Crippen LogP contribution in [-0.4, -0.2) is 12.5 Å². The molecule has 0 fully saturated rings. The topological polar surface area (TPSA) is 42.2 Å². The van der Waals surface area contributed by atoms with Gasteiger partial charge in [0.05, 0.1) is 10.0 Å². The summed E-state index contributed by atoms with van der Waals surface area (Å²) >= 11 is 11.8. The van der Waals surface area contributed by atoms with Gasteiger partial charge in [-0.2, -0.15) is 4.57 Å². The Bertz CT molecular complexity index is 943. The van der Waals surface area contributed by atoms with Crippen LogP contribution in [0, 0.1) is 6.92 Å². The quantitative estimate of drug-likeness (QED) is 0.610. The first-order valence-electron chi connectivity index (χ1n) is 8.42. The molecule has 3 aromatic rings. The molecule has 0 aliphatic carbocycles. The van der Waals surface area contributed by atoms with E-state index in [-0.39, 0.29) is 12.5 Å². The summed E-state index contributed by atoms with van der Waals surface area (Å²) in [5, 5.41) is 3.65. The number of nitrogens with zero attached hydrogens (tertiary/aromatic N) is 1. The summed E-state index contributed by atoms with van der Waals surface area (Å²) in [6.45, 7) is 2.67. The Morgan fingerprint density at radius 2 is 1.85 bits per heavy atom. The minimum absolute atomic E-state index is 0.120. The molecule has 3 rings (SSSR count). The molecule has 0 unspecified atom stereocenters. The molecule has 1 N–H and O–H groups in total. The number of amides is 1. The third-order valence-electron chi connectivity index (χ3n) is 3.89. The van der Waals surface area contributed by atoms with Crippen molar-refractivity contribution in [1.29, 1.82) is 0 Å². The van der Waals surface area contributed by atoms with E-state index in [1.54, 1.807) is 18.2 Å². The smallest absolute Gasteiger partial charge is 0.262 e. The second-order valence-electron chi connectivity index (χ2n) is 6.16. The lowest BCUT2D eigenvalue weighted by molar-refractivity contribution is -0.687. The van der Waals surface area contributed by atoms with Crippen molar-refractivity contribution in [3.8, 4) is 5.75 Å². The number of benzene rings is 2. The van der Waals surface area contributed by atoms with Crippen molar-refractivity contribution >= 4 is 34.8 Å². The Morgan fingerprint density at radius 1 is 1.07 bits per heavy atom. The van der Waals surface area contributed by atoms with Crippen LogP contribution < -0.4 is 14.6 Å². The summed E-state index contributed by atoms with van der Waals surface area (Å²) in [6.07, 6.45) is 3.85. The summed E-state index contributed by atoms with van der Waals surface area (Å²) in [6, 6.07) is 17.0. The number of ether oxygens (including phenoxy) is 1. The molecule has 0 aliphatic heterocycles. The van der Waals surface area contributed by atoms with E-state index in [4.69, 9.17) is 27.9 Å². The number of aryl methyl sites for hydroxylation is 1. The molecular weight excluding hydrogens is 383 g/mol. The molecule has 6 heteroatoms. The van der Waals surface area contributed by atoms with Gasteiger partial charge in [0.2, 0.25) is 0 Å². The molecule has 1 aromatic heterocycles. The van der Waals surface area contributed by atoms with Gasteiger partial charge in [-0.3, -0.25) is 4.79 Å². The number of halogens is 2. The second kappa shape index (κ2) is 8.89. The Balaban J connectivity index is 1.57. The lowest BCUT2D eigenvalue weighted by atomic mass is 10.1. The molecule has 0 aliphatic rings. The molecule has 138 valence electrons. The predicted molar refractivity (Wildman–Crippen MR) is 108 cm³/mol. The zero-order chi connectivity index (χ0) is 19.2. The van der Waals surface area contributed by atoms with Crippen LogP contribution in [0.5, 0.6) is 5.75 Å². The van der Waals surface area contributed by atoms with Gasteiger partial charge in [0.15, 0.2) is 25.5 Å². The summed E-state index contributed by atoms with van der Waals surface area (Å²) in [5.74, 6) is 0.233. The highest BCUT2D eigenvalue weighted by Gasteiger charge is 2.09. The molecule has 2 aromatic carbocycles. The first-order valence-corrected chi connectivity index (χ1v) is 9.17. The Hall–Kier alpha value is -2.56. The zero-order valence-corrected chi connectivity index (χ0v) is 16.3. The molecule has 4 nitrogen and oxygen atoms in total. The van der Waals surface area contributed by atoms with E-state index in [1.165, 1.54) is 11.1 Å². The highest BCUT2D eigenvalue weighted by atomic mass is 35.5. The van der Waals surface area contributed by atoms with E-state index in [2.05, 4.69) is 36.5 Å². The van der Waals surface area contributed by atoms with E-state index in [9.17, 15) is 4.79 Å². The fraction of sp³-hybridized carbons (Fsp3) is 0.143. The van der Waals surface area contributed by atoms with E-state index in [0.29, 0.717) is 21.5 Å². The summed E-state index contributed by atoms with van der Waals surface area (Å²) in [7, 11) is 0. The highest BCUT2D eigenvalue weighted by molar-refractivity contribution is 6.42. The van der Waals surface area contributed by atoms with Crippen LogP contribution >= 0.6 is 23.2 Å². The van der Waals surface area contributed by atoms with Gasteiger partial charge in [-0.1, -0.05) is 53.0 Å². The minimum atomic E-state index is -0.255. The van der Waals surface area contributed by atoms with E-state index in [0.717, 1.165) is 6.54 Å². The van der Waals surface area contributed by atoms with Gasteiger partial charge in [0.1, 0.15) is 11.4 Å². The molecular formula is C21H19Cl2N2O2+. The lowest BCUT2D eigenvalue weighted by Gasteiger charge is -2.08. The van der Waals surface area contributed by atoms with Gasteiger partial charge < -0.3 is 10.1 Å². The predicted octanol–water partition coefficient (Wildman–Crippen LogP) is 4.66. The van der Waals surface area contributed by atoms with Crippen LogP contribution in [0.2, 0.25) is 10.0 Å². The molecule has 1 amide bonds. The van der Waals surface area contributed by atoms with Gasteiger partial charge in [-0.25, -0.2) is 0 Å². The number of hydrogen-bond acceptors (Lipinski definition) is 2. The molecule has 0 bridgehead atoms. The third kappa shape index (κ3) is 5.71. The van der Waals surface area contributed by atoms with Crippen molar-refractivity contribution in [3.05, 3.63) is 88.2 Å². The molecule has 0 spiro atoms. The Morgan fingerprint density at radius 3 is 2.59 bits per heavy atom. The van der Waals surface area contributed by atoms with Gasteiger partial charge in [0, 0.05) is 17.7 Å². The van der Waals surface area contributed by atoms with Crippen LogP contribution in [0.1, 0.15) is 11.1 Å². The maximum Gasteiger partial charge on any atom is 0.262 e. The largest absolute Gasteiger partial charge is 0.484 e. The Kier molecular flexibility index (Phi) is 6.32. The number of rotatable bonds is 6. The van der Waals surface area contributed by atoms with Gasteiger partial charge >= 0.3 is 0 Å². The fourth-order valence-electron chi connectivity index (χ4n) is 2.51. The maximum absolute atomic E-state index is 12.1. The van der Waals surface area contributed by atoms with Crippen LogP contribution in [0.25, 0.3) is 0 Å². The lowest BCUT2D eigenvalue weighted by Crippen LogP contribution is -2.34. The molecule has 27 heavy (non-hydrogen) atoms. The van der Waals surface area contributed by atoms with Crippen molar-refractivity contribution in [2.75, 3.05) is 11.9 Å². The number of pyridine rings is 1. The van der Waals surface area contributed by atoms with Crippen molar-refractivity contribution in [2.45, 2.75) is 13.5 Å². The average Bonchev–Trinajstić information content (AvgIpc) is 2.65. The first kappa shape index (κ1) is 19.2. The monoisotopic (exact) mass is 401 g/mol. The van der Waals surface area contributed by atoms with Gasteiger partial charge in [-0.05, 0) is 25.1 Å². The van der Waals surface area contributed by atoms with E-state index < -0.39 is 0 Å². The SMILES string of the molecule is Cc1ccc(C[n+]2cccc(NC(=O)COc3ccc(Cl)c(Cl)c3)c2)cc1. The molecule has 0 atom stereocenters. The number of carbonyl (C=O) groups is 1. The van der Waals surface area contributed by atoms with Crippen LogP contribution in [-0.2, 0) is 11.3 Å². The Labute approximate surface area is 168 Å². The molecule has 0 saturated heterocycles. The van der Waals surface area contributed by atoms with Crippen LogP contribution in [0.3, 0.4) is 0 Å². The number of anilines is 1. The van der Waals surface area contributed by atoms with Gasteiger partial charge in [0.25, 0.3) is 5.91 Å². The minimum Gasteiger partial charge on any atom is -0.484 e. The summed E-state index contributed by atoms with van der Waals surface area (Å²) in [5.41, 5.74) is 3.12. The normalized spacial score (nSPS) is 10.5. The van der Waals surface area contributed by atoms with Crippen molar-refractivity contribution in [2.24, 2.45) is 0 Å². The van der Waals surface area contributed by atoms with Crippen molar-refractivity contribution in [1.82, 2.24) is 0 Å². The van der Waals surface area contributed by atoms with E-state index >= 15 is 0 Å². The summed E-state index contributed by atoms with van der Waals surface area (Å²) in [4.78, 5) is 12.1. The standard InChI is InChI=1S/C21H18Cl2N2O2/c1-15-4-6-16(7-5-15)12-25-10-2-3-17(13-25)24-21(26)14-27-18-8-9-19(22)20(23)11-18/h2-11,13H,12,14H2,1H3/p+1. The molecule has 0 radical (unpaired) electrons. The van der Waals surface area contributed by atoms with Crippen LogP contribution in [0.15, 0.2) is 67.0 Å². The zero-order valence-electron chi connectivity index (χ0n) is 14.8. The first-order chi connectivity index (χ1) is 13.0. The van der Waals surface area contributed by atoms with Crippen LogP contribution in [0.4, 0.5) is 5.69 Å². The second-order valence-corrected chi connectivity index (χ2v) is 6.98.